The fourth-order valence-electron chi connectivity index (χ4n) is 8.22. The van der Waals surface area contributed by atoms with E-state index in [9.17, 15) is 29.1 Å². The maximum Gasteiger partial charge on any atom is 0.409 e. The van der Waals surface area contributed by atoms with E-state index in [2.05, 4.69) is 10.6 Å². The Hall–Kier alpha value is -3.49. The van der Waals surface area contributed by atoms with Gasteiger partial charge in [0.25, 0.3) is 0 Å². The molecule has 14 heteroatoms. The van der Waals surface area contributed by atoms with Gasteiger partial charge in [0.15, 0.2) is 0 Å². The Morgan fingerprint density at radius 1 is 0.909 bits per heavy atom. The first-order chi connectivity index (χ1) is 25.8. The summed E-state index contributed by atoms with van der Waals surface area (Å²) in [5.41, 5.74) is -1.02. The van der Waals surface area contributed by atoms with Crippen molar-refractivity contribution in [3.05, 3.63) is 24.3 Å². The zero-order valence-electron chi connectivity index (χ0n) is 35.7. The fraction of sp³-hybridized carbons (Fsp3) is 0.780. The van der Waals surface area contributed by atoms with Gasteiger partial charge in [-0.25, -0.2) is 4.79 Å². The van der Waals surface area contributed by atoms with Crippen molar-refractivity contribution >= 4 is 29.7 Å². The zero-order valence-corrected chi connectivity index (χ0v) is 35.7. The van der Waals surface area contributed by atoms with Gasteiger partial charge in [0, 0.05) is 40.9 Å². The molecule has 0 aromatic carbocycles. The number of nitrogens with zero attached hydrogens (tertiary/aromatic N) is 3. The summed E-state index contributed by atoms with van der Waals surface area (Å²) in [6, 6.07) is -2.94. The van der Waals surface area contributed by atoms with Gasteiger partial charge in [0.05, 0.1) is 49.3 Å². The van der Waals surface area contributed by atoms with E-state index < -0.39 is 53.9 Å². The largest absolute Gasteiger partial charge is 0.453 e. The molecule has 0 aromatic rings. The summed E-state index contributed by atoms with van der Waals surface area (Å²) in [4.78, 5) is 72.6. The molecule has 314 valence electrons. The van der Waals surface area contributed by atoms with Crippen molar-refractivity contribution in [2.75, 3.05) is 42.0 Å². The predicted octanol–water partition coefficient (Wildman–Crippen LogP) is 3.91. The second kappa shape index (κ2) is 21.7. The number of allylic oxidation sites excluding steroid dienone is 2. The third kappa shape index (κ3) is 12.5. The number of methoxy groups -OCH3 is 3. The van der Waals surface area contributed by atoms with Gasteiger partial charge in [0.2, 0.25) is 23.6 Å². The molecule has 55 heavy (non-hydrogen) atoms. The second-order valence-electron chi connectivity index (χ2n) is 16.3. The van der Waals surface area contributed by atoms with Crippen molar-refractivity contribution in [3.63, 3.8) is 0 Å². The highest BCUT2D eigenvalue weighted by Gasteiger charge is 2.43. The summed E-state index contributed by atoms with van der Waals surface area (Å²) < 4.78 is 16.8. The molecule has 1 fully saturated rings. The molecule has 10 atom stereocenters. The number of likely N-dealkylation sites (tertiary alicyclic amines) is 1. The van der Waals surface area contributed by atoms with Crippen molar-refractivity contribution in [1.29, 1.82) is 0 Å². The number of amides is 5. The zero-order chi connectivity index (χ0) is 41.8. The molecule has 5 amide bonds. The summed E-state index contributed by atoms with van der Waals surface area (Å²) in [6.07, 6.45) is 8.39. The summed E-state index contributed by atoms with van der Waals surface area (Å²) in [5, 5.41) is 16.9. The predicted molar refractivity (Wildman–Crippen MR) is 212 cm³/mol. The number of rotatable bonds is 20. The summed E-state index contributed by atoms with van der Waals surface area (Å²) in [6.45, 7) is 15.5. The molecule has 2 aliphatic rings. The summed E-state index contributed by atoms with van der Waals surface area (Å²) in [5.74, 6) is -2.38. The Morgan fingerprint density at radius 2 is 1.56 bits per heavy atom. The Bertz CT molecular complexity index is 1350. The lowest BCUT2D eigenvalue weighted by Crippen LogP contribution is -2.60. The van der Waals surface area contributed by atoms with E-state index >= 15 is 0 Å². The van der Waals surface area contributed by atoms with Crippen molar-refractivity contribution in [3.8, 4) is 0 Å². The molecule has 2 rings (SSSR count). The highest BCUT2D eigenvalue weighted by Crippen LogP contribution is 2.30. The van der Waals surface area contributed by atoms with Crippen LogP contribution < -0.4 is 10.6 Å². The first-order valence-corrected chi connectivity index (χ1v) is 19.9. The van der Waals surface area contributed by atoms with E-state index in [1.807, 2.05) is 66.7 Å². The number of ether oxygens (including phenoxy) is 3. The van der Waals surface area contributed by atoms with Crippen molar-refractivity contribution < 1.29 is 43.3 Å². The minimum absolute atomic E-state index is 0.00767. The van der Waals surface area contributed by atoms with E-state index in [0.29, 0.717) is 32.2 Å². The topological polar surface area (TPSA) is 167 Å². The number of hydrogen-bond acceptors (Lipinski definition) is 9. The molecular formula is C41H71N5O9. The van der Waals surface area contributed by atoms with Crippen LogP contribution in [-0.2, 0) is 33.4 Å². The average molecular weight is 778 g/mol. The summed E-state index contributed by atoms with van der Waals surface area (Å²) >= 11 is 0. The number of aliphatic hydroxyl groups is 1. The molecule has 1 aliphatic carbocycles. The Balaban J connectivity index is 2.26. The van der Waals surface area contributed by atoms with Gasteiger partial charge in [-0.1, -0.05) is 79.2 Å². The lowest BCUT2D eigenvalue weighted by atomic mass is 9.88. The van der Waals surface area contributed by atoms with Gasteiger partial charge in [-0.2, -0.15) is 0 Å². The van der Waals surface area contributed by atoms with Gasteiger partial charge in [-0.05, 0) is 50.4 Å². The maximum absolute atomic E-state index is 14.3. The summed E-state index contributed by atoms with van der Waals surface area (Å²) in [7, 11) is 7.51. The molecule has 0 aromatic heterocycles. The molecule has 0 unspecified atom stereocenters. The lowest BCUT2D eigenvalue weighted by molar-refractivity contribution is -0.148. The third-order valence-electron chi connectivity index (χ3n) is 11.4. The van der Waals surface area contributed by atoms with Gasteiger partial charge in [-0.3, -0.25) is 24.1 Å². The van der Waals surface area contributed by atoms with Crippen LogP contribution in [0.15, 0.2) is 24.3 Å². The van der Waals surface area contributed by atoms with Crippen LogP contribution in [0.5, 0.6) is 0 Å². The van der Waals surface area contributed by atoms with Crippen LogP contribution in [0.3, 0.4) is 0 Å². The number of carbonyl (C=O) groups is 5. The number of nitrogens with one attached hydrogen (secondary N) is 2. The van der Waals surface area contributed by atoms with Crippen LogP contribution >= 0.6 is 0 Å². The van der Waals surface area contributed by atoms with Crippen molar-refractivity contribution in [2.45, 2.75) is 142 Å². The lowest BCUT2D eigenvalue weighted by Gasteiger charge is -2.41. The van der Waals surface area contributed by atoms with E-state index in [-0.39, 0.29) is 54.0 Å². The highest BCUT2D eigenvalue weighted by molar-refractivity contribution is 5.91. The quantitative estimate of drug-likeness (QED) is 0.166. The third-order valence-corrected chi connectivity index (χ3v) is 11.4. The molecule has 1 aliphatic heterocycles. The average Bonchev–Trinajstić information content (AvgIpc) is 3.62. The van der Waals surface area contributed by atoms with Crippen molar-refractivity contribution in [2.24, 2.45) is 23.7 Å². The minimum atomic E-state index is -1.02. The standard InChI is InChI=1S/C41H71N5O9/c1-14-27(6)35(44(9)39(50)33(25(2)3)43-38(49)34(26(4)5)45(10)40(51)55-13)31(53-11)23-32(47)46-22-18-19-30(46)36(54-12)29(8)37(48)42-28(7)24-41(52)20-16-15-17-21-41/h15-17,20,25-31,33-36,52H,14,18-19,21-24H2,1-13H3,(H,42,48)(H,43,49)/t27-,28+,29+,30-,31+,33-,34-,35-,36+,41-/m0/s1. The number of likely N-dealkylation sites (N-methyl/N-ethyl adjacent to an activating group) is 2. The molecule has 3 N–H and O–H groups in total. The smallest absolute Gasteiger partial charge is 0.409 e. The monoisotopic (exact) mass is 778 g/mol. The van der Waals surface area contributed by atoms with E-state index in [0.717, 1.165) is 6.42 Å². The molecule has 0 saturated carbocycles. The van der Waals surface area contributed by atoms with Gasteiger partial charge >= 0.3 is 6.09 Å². The van der Waals surface area contributed by atoms with Crippen LogP contribution in [0.1, 0.15) is 93.9 Å². The number of hydrogen-bond donors (Lipinski definition) is 3. The SMILES string of the molecule is CC[C@H](C)[C@@H]([C@@H](CC(=O)N1CCC[C@H]1[C@H](OC)[C@@H](C)C(=O)N[C@H](C)C[C@]1(O)C=CC=CC1)OC)N(C)C(=O)[C@@H](NC(=O)[C@H](C(C)C)N(C)C(=O)OC)C(C)C. The van der Waals surface area contributed by atoms with E-state index in [1.165, 1.54) is 26.2 Å². The minimum Gasteiger partial charge on any atom is -0.453 e. The molecule has 1 saturated heterocycles. The van der Waals surface area contributed by atoms with E-state index in [4.69, 9.17) is 14.2 Å². The Kier molecular flexibility index (Phi) is 18.8. The van der Waals surface area contributed by atoms with Crippen LogP contribution in [-0.4, -0.2) is 140 Å². The second-order valence-corrected chi connectivity index (χ2v) is 16.3. The first kappa shape index (κ1) is 47.7. The van der Waals surface area contributed by atoms with Crippen LogP contribution in [0.2, 0.25) is 0 Å². The van der Waals surface area contributed by atoms with Crippen LogP contribution in [0.4, 0.5) is 4.79 Å². The van der Waals surface area contributed by atoms with Crippen molar-refractivity contribution in [1.82, 2.24) is 25.3 Å². The highest BCUT2D eigenvalue weighted by atomic mass is 16.5. The van der Waals surface area contributed by atoms with Crippen LogP contribution in [0, 0.1) is 23.7 Å². The Morgan fingerprint density at radius 3 is 2.07 bits per heavy atom. The Labute approximate surface area is 329 Å². The molecule has 0 spiro atoms. The van der Waals surface area contributed by atoms with Gasteiger partial charge in [-0.15, -0.1) is 0 Å². The molecule has 14 nitrogen and oxygen atoms in total. The normalized spacial score (nSPS) is 22.6. The van der Waals surface area contributed by atoms with Gasteiger partial charge < -0.3 is 39.8 Å². The van der Waals surface area contributed by atoms with Gasteiger partial charge in [0.1, 0.15) is 12.1 Å². The maximum atomic E-state index is 14.3. The molecule has 0 radical (unpaired) electrons. The van der Waals surface area contributed by atoms with E-state index in [1.54, 1.807) is 37.0 Å². The first-order valence-electron chi connectivity index (χ1n) is 19.9. The van der Waals surface area contributed by atoms with Crippen LogP contribution in [0.25, 0.3) is 0 Å². The fourth-order valence-corrected chi connectivity index (χ4v) is 8.22. The molecule has 0 bridgehead atoms. The number of carbonyl (C=O) groups excluding carboxylic acids is 5. The molecular weight excluding hydrogens is 706 g/mol. The molecule has 1 heterocycles.